The predicted molar refractivity (Wildman–Crippen MR) is 99.8 cm³/mol. The van der Waals surface area contributed by atoms with Crippen LogP contribution in [0.4, 0.5) is 10.2 Å². The molecular formula is C20H17FN4O. The van der Waals surface area contributed by atoms with Crippen molar-refractivity contribution in [2.45, 2.75) is 0 Å². The summed E-state index contributed by atoms with van der Waals surface area (Å²) in [6, 6.07) is 11.0. The van der Waals surface area contributed by atoms with E-state index in [1.807, 2.05) is 36.7 Å². The summed E-state index contributed by atoms with van der Waals surface area (Å²) in [5, 5.41) is 1.75. The number of aromatic nitrogens is 3. The van der Waals surface area contributed by atoms with E-state index in [1.54, 1.807) is 6.07 Å². The lowest BCUT2D eigenvalue weighted by Crippen LogP contribution is -2.36. The summed E-state index contributed by atoms with van der Waals surface area (Å²) in [5.41, 5.74) is 2.87. The van der Waals surface area contributed by atoms with Crippen molar-refractivity contribution in [3.63, 3.8) is 0 Å². The normalized spacial score (nSPS) is 15.0. The SMILES string of the molecule is Fc1cccc2c1nc(-c1ccc(N3CCOCC3)nc1)c1cc[nH]c12. The number of hydrogen-bond donors (Lipinski definition) is 1. The molecule has 3 aromatic heterocycles. The quantitative estimate of drug-likeness (QED) is 0.599. The van der Waals surface area contributed by atoms with Crippen LogP contribution in [-0.4, -0.2) is 41.3 Å². The minimum atomic E-state index is -0.321. The first-order valence-electron chi connectivity index (χ1n) is 8.66. The van der Waals surface area contributed by atoms with Gasteiger partial charge in [-0.25, -0.2) is 14.4 Å². The summed E-state index contributed by atoms with van der Waals surface area (Å²) in [6.07, 6.45) is 3.67. The van der Waals surface area contributed by atoms with Crippen molar-refractivity contribution in [1.29, 1.82) is 0 Å². The average molecular weight is 348 g/mol. The zero-order valence-electron chi connectivity index (χ0n) is 14.1. The Kier molecular flexibility index (Phi) is 3.57. The molecule has 5 nitrogen and oxygen atoms in total. The number of nitrogens with zero attached hydrogens (tertiary/aromatic N) is 3. The monoisotopic (exact) mass is 348 g/mol. The third-order valence-corrected chi connectivity index (χ3v) is 4.84. The molecular weight excluding hydrogens is 331 g/mol. The summed E-state index contributed by atoms with van der Waals surface area (Å²) in [7, 11) is 0. The number of para-hydroxylation sites is 1. The molecule has 5 rings (SSSR count). The van der Waals surface area contributed by atoms with Crippen LogP contribution in [0.2, 0.25) is 0 Å². The summed E-state index contributed by atoms with van der Waals surface area (Å²) in [4.78, 5) is 14.6. The van der Waals surface area contributed by atoms with Gasteiger partial charge in [0.2, 0.25) is 0 Å². The molecule has 1 aromatic carbocycles. The molecule has 0 radical (unpaired) electrons. The molecule has 0 aliphatic carbocycles. The smallest absolute Gasteiger partial charge is 0.149 e. The highest BCUT2D eigenvalue weighted by Gasteiger charge is 2.15. The van der Waals surface area contributed by atoms with Gasteiger partial charge in [0.05, 0.1) is 24.4 Å². The maximum absolute atomic E-state index is 14.3. The first-order chi connectivity index (χ1) is 12.8. The number of rotatable bonds is 2. The summed E-state index contributed by atoms with van der Waals surface area (Å²) in [6.45, 7) is 3.12. The van der Waals surface area contributed by atoms with Gasteiger partial charge in [0.25, 0.3) is 0 Å². The molecule has 1 saturated heterocycles. The van der Waals surface area contributed by atoms with Crippen molar-refractivity contribution in [2.24, 2.45) is 0 Å². The molecule has 1 aliphatic rings. The maximum atomic E-state index is 14.3. The molecule has 1 aliphatic heterocycles. The maximum Gasteiger partial charge on any atom is 0.149 e. The predicted octanol–water partition coefficient (Wildman–Crippen LogP) is 3.75. The Labute approximate surface area is 149 Å². The Morgan fingerprint density at radius 2 is 1.92 bits per heavy atom. The number of benzene rings is 1. The van der Waals surface area contributed by atoms with Gasteiger partial charge in [-0.1, -0.05) is 12.1 Å². The molecule has 0 bridgehead atoms. The van der Waals surface area contributed by atoms with E-state index in [2.05, 4.69) is 19.9 Å². The topological polar surface area (TPSA) is 54.0 Å². The first kappa shape index (κ1) is 15.3. The molecule has 1 N–H and O–H groups in total. The fourth-order valence-corrected chi connectivity index (χ4v) is 3.52. The summed E-state index contributed by atoms with van der Waals surface area (Å²) in [5.74, 6) is 0.604. The number of hydrogen-bond acceptors (Lipinski definition) is 4. The van der Waals surface area contributed by atoms with Crippen LogP contribution in [0.1, 0.15) is 0 Å². The number of aromatic amines is 1. The fourth-order valence-electron chi connectivity index (χ4n) is 3.52. The van der Waals surface area contributed by atoms with Crippen LogP contribution in [0.5, 0.6) is 0 Å². The Morgan fingerprint density at radius 3 is 2.73 bits per heavy atom. The van der Waals surface area contributed by atoms with Gasteiger partial charge in [-0.05, 0) is 24.3 Å². The molecule has 0 amide bonds. The Morgan fingerprint density at radius 1 is 1.04 bits per heavy atom. The number of H-pyrrole nitrogens is 1. The van der Waals surface area contributed by atoms with Gasteiger partial charge in [0, 0.05) is 41.8 Å². The van der Waals surface area contributed by atoms with Crippen molar-refractivity contribution < 1.29 is 9.13 Å². The van der Waals surface area contributed by atoms with Crippen molar-refractivity contribution in [3.8, 4) is 11.3 Å². The van der Waals surface area contributed by atoms with E-state index in [1.165, 1.54) is 6.07 Å². The Hall–Kier alpha value is -2.99. The molecule has 130 valence electrons. The number of fused-ring (bicyclic) bond motifs is 3. The first-order valence-corrected chi connectivity index (χ1v) is 8.66. The van der Waals surface area contributed by atoms with E-state index in [0.29, 0.717) is 5.52 Å². The van der Waals surface area contributed by atoms with E-state index in [0.717, 1.165) is 59.7 Å². The Bertz CT molecular complexity index is 1080. The summed E-state index contributed by atoms with van der Waals surface area (Å²) < 4.78 is 19.7. The van der Waals surface area contributed by atoms with Crippen LogP contribution in [0.15, 0.2) is 48.8 Å². The lowest BCUT2D eigenvalue weighted by molar-refractivity contribution is 0.122. The molecule has 26 heavy (non-hydrogen) atoms. The molecule has 0 unspecified atom stereocenters. The molecule has 1 fully saturated rings. The number of ether oxygens (including phenoxy) is 1. The second-order valence-corrected chi connectivity index (χ2v) is 6.37. The van der Waals surface area contributed by atoms with Crippen LogP contribution in [0.25, 0.3) is 33.1 Å². The van der Waals surface area contributed by atoms with Crippen molar-refractivity contribution in [3.05, 3.63) is 54.6 Å². The molecule has 0 atom stereocenters. The van der Waals surface area contributed by atoms with Crippen LogP contribution in [0.3, 0.4) is 0 Å². The van der Waals surface area contributed by atoms with E-state index in [-0.39, 0.29) is 5.82 Å². The number of halogens is 1. The number of pyridine rings is 2. The fraction of sp³-hybridized carbons (Fsp3) is 0.200. The highest BCUT2D eigenvalue weighted by Crippen LogP contribution is 2.32. The van der Waals surface area contributed by atoms with Gasteiger partial charge in [0.1, 0.15) is 17.2 Å². The lowest BCUT2D eigenvalue weighted by Gasteiger charge is -2.27. The van der Waals surface area contributed by atoms with Crippen LogP contribution in [0, 0.1) is 5.82 Å². The highest BCUT2D eigenvalue weighted by molar-refractivity contribution is 6.09. The summed E-state index contributed by atoms with van der Waals surface area (Å²) >= 11 is 0. The average Bonchev–Trinajstić information content (AvgIpc) is 3.19. The highest BCUT2D eigenvalue weighted by atomic mass is 19.1. The van der Waals surface area contributed by atoms with Gasteiger partial charge in [0.15, 0.2) is 0 Å². The van der Waals surface area contributed by atoms with Gasteiger partial charge in [-0.2, -0.15) is 0 Å². The second kappa shape index (κ2) is 6.07. The van der Waals surface area contributed by atoms with Crippen molar-refractivity contribution in [1.82, 2.24) is 15.0 Å². The number of morpholine rings is 1. The van der Waals surface area contributed by atoms with E-state index < -0.39 is 0 Å². The number of anilines is 1. The van der Waals surface area contributed by atoms with Gasteiger partial charge in [-0.15, -0.1) is 0 Å². The second-order valence-electron chi connectivity index (χ2n) is 6.37. The third-order valence-electron chi connectivity index (χ3n) is 4.84. The minimum Gasteiger partial charge on any atom is -0.378 e. The molecule has 4 heterocycles. The van der Waals surface area contributed by atoms with Crippen LogP contribution >= 0.6 is 0 Å². The lowest BCUT2D eigenvalue weighted by atomic mass is 10.1. The van der Waals surface area contributed by atoms with Gasteiger partial charge in [-0.3, -0.25) is 0 Å². The van der Waals surface area contributed by atoms with E-state index >= 15 is 0 Å². The Balaban J connectivity index is 1.63. The van der Waals surface area contributed by atoms with Crippen molar-refractivity contribution >= 4 is 27.6 Å². The zero-order valence-corrected chi connectivity index (χ0v) is 14.1. The molecule has 0 saturated carbocycles. The standard InChI is InChI=1S/C20H17FN4O/c21-16-3-1-2-14-19-15(6-7-22-19)18(24-20(14)16)13-4-5-17(23-12-13)25-8-10-26-11-9-25/h1-7,12,22H,8-11H2. The van der Waals surface area contributed by atoms with Gasteiger partial charge < -0.3 is 14.6 Å². The largest absolute Gasteiger partial charge is 0.378 e. The molecule has 4 aromatic rings. The minimum absolute atomic E-state index is 0.321. The zero-order chi connectivity index (χ0) is 17.5. The van der Waals surface area contributed by atoms with Gasteiger partial charge >= 0.3 is 0 Å². The molecule has 6 heteroatoms. The van der Waals surface area contributed by atoms with E-state index in [4.69, 9.17) is 4.74 Å². The molecule has 0 spiro atoms. The van der Waals surface area contributed by atoms with Crippen LogP contribution in [-0.2, 0) is 4.74 Å². The van der Waals surface area contributed by atoms with Crippen molar-refractivity contribution in [2.75, 3.05) is 31.2 Å². The third kappa shape index (κ3) is 2.42. The van der Waals surface area contributed by atoms with Crippen LogP contribution < -0.4 is 4.90 Å². The van der Waals surface area contributed by atoms with E-state index in [9.17, 15) is 4.39 Å². The number of nitrogens with one attached hydrogen (secondary N) is 1.